The highest BCUT2D eigenvalue weighted by Gasteiger charge is 2.27. The zero-order chi connectivity index (χ0) is 13.0. The van der Waals surface area contributed by atoms with Crippen LogP contribution in [0.15, 0.2) is 0 Å². The molecule has 3 nitrogen and oxygen atoms in total. The van der Waals surface area contributed by atoms with Gasteiger partial charge in [-0.1, -0.05) is 6.92 Å². The van der Waals surface area contributed by atoms with E-state index in [1.807, 2.05) is 0 Å². The summed E-state index contributed by atoms with van der Waals surface area (Å²) in [5.74, 6) is 0. The standard InChI is InChI=1S/C15H31N3/c1-3-18-11-4-5-14(10-12-18)17(2)15-8-6-13(16)7-9-15/h13-15H,3-12,16H2,1-2H3. The Kier molecular flexibility index (Phi) is 5.46. The number of nitrogens with zero attached hydrogens (tertiary/aromatic N) is 2. The largest absolute Gasteiger partial charge is 0.328 e. The molecule has 2 aliphatic rings. The van der Waals surface area contributed by atoms with E-state index in [1.165, 1.54) is 64.6 Å². The van der Waals surface area contributed by atoms with E-state index in [0.717, 1.165) is 12.1 Å². The van der Waals surface area contributed by atoms with Crippen LogP contribution in [0.25, 0.3) is 0 Å². The summed E-state index contributed by atoms with van der Waals surface area (Å²) < 4.78 is 0. The van der Waals surface area contributed by atoms with E-state index in [9.17, 15) is 0 Å². The molecule has 1 atom stereocenters. The van der Waals surface area contributed by atoms with E-state index in [4.69, 9.17) is 5.73 Å². The van der Waals surface area contributed by atoms with E-state index in [1.54, 1.807) is 0 Å². The van der Waals surface area contributed by atoms with Crippen molar-refractivity contribution in [1.29, 1.82) is 0 Å². The third kappa shape index (κ3) is 3.69. The monoisotopic (exact) mass is 253 g/mol. The zero-order valence-corrected chi connectivity index (χ0v) is 12.3. The molecule has 0 amide bonds. The van der Waals surface area contributed by atoms with Crippen molar-refractivity contribution in [2.24, 2.45) is 5.73 Å². The number of hydrogen-bond donors (Lipinski definition) is 1. The Labute approximate surface area is 113 Å². The summed E-state index contributed by atoms with van der Waals surface area (Å²) in [6.45, 7) is 6.09. The van der Waals surface area contributed by atoms with Gasteiger partial charge in [0.05, 0.1) is 0 Å². The molecule has 18 heavy (non-hydrogen) atoms. The van der Waals surface area contributed by atoms with Crippen molar-refractivity contribution < 1.29 is 0 Å². The van der Waals surface area contributed by atoms with Gasteiger partial charge in [0.1, 0.15) is 0 Å². The van der Waals surface area contributed by atoms with E-state index in [-0.39, 0.29) is 0 Å². The lowest BCUT2D eigenvalue weighted by Crippen LogP contribution is -2.44. The second kappa shape index (κ2) is 6.88. The molecule has 0 aromatic carbocycles. The minimum absolute atomic E-state index is 0.472. The molecule has 3 heteroatoms. The molecular formula is C15H31N3. The summed E-state index contributed by atoms with van der Waals surface area (Å²) in [6.07, 6.45) is 9.18. The lowest BCUT2D eigenvalue weighted by atomic mass is 9.89. The summed E-state index contributed by atoms with van der Waals surface area (Å²) in [5.41, 5.74) is 6.01. The van der Waals surface area contributed by atoms with Gasteiger partial charge in [-0.25, -0.2) is 0 Å². The molecule has 0 spiro atoms. The van der Waals surface area contributed by atoms with Crippen molar-refractivity contribution in [1.82, 2.24) is 9.80 Å². The van der Waals surface area contributed by atoms with Gasteiger partial charge in [-0.2, -0.15) is 0 Å². The fourth-order valence-electron chi connectivity index (χ4n) is 3.67. The molecule has 2 fully saturated rings. The first kappa shape index (κ1) is 14.3. The minimum Gasteiger partial charge on any atom is -0.328 e. The van der Waals surface area contributed by atoms with Gasteiger partial charge in [0.2, 0.25) is 0 Å². The van der Waals surface area contributed by atoms with Crippen LogP contribution in [0.4, 0.5) is 0 Å². The van der Waals surface area contributed by atoms with Gasteiger partial charge in [-0.3, -0.25) is 0 Å². The molecule has 0 bridgehead atoms. The van der Waals surface area contributed by atoms with Crippen molar-refractivity contribution in [2.75, 3.05) is 26.7 Å². The van der Waals surface area contributed by atoms with Crippen LogP contribution in [-0.2, 0) is 0 Å². The highest BCUT2D eigenvalue weighted by atomic mass is 15.2. The number of likely N-dealkylation sites (tertiary alicyclic amines) is 1. The average molecular weight is 253 g/mol. The summed E-state index contributed by atoms with van der Waals surface area (Å²) in [6, 6.07) is 2.07. The predicted octanol–water partition coefficient (Wildman–Crippen LogP) is 2.06. The molecule has 1 aliphatic carbocycles. The average Bonchev–Trinajstić information content (AvgIpc) is 2.64. The molecule has 0 aromatic heterocycles. The van der Waals surface area contributed by atoms with Gasteiger partial charge in [-0.05, 0) is 71.6 Å². The van der Waals surface area contributed by atoms with Gasteiger partial charge in [0.25, 0.3) is 0 Å². The highest BCUT2D eigenvalue weighted by Crippen LogP contribution is 2.26. The van der Waals surface area contributed by atoms with E-state index in [0.29, 0.717) is 6.04 Å². The number of hydrogen-bond acceptors (Lipinski definition) is 3. The van der Waals surface area contributed by atoms with Gasteiger partial charge >= 0.3 is 0 Å². The van der Waals surface area contributed by atoms with Crippen LogP contribution in [0.3, 0.4) is 0 Å². The van der Waals surface area contributed by atoms with Crippen molar-refractivity contribution in [3.05, 3.63) is 0 Å². The van der Waals surface area contributed by atoms with Crippen molar-refractivity contribution in [2.45, 2.75) is 70.0 Å². The molecule has 2 rings (SSSR count). The van der Waals surface area contributed by atoms with Gasteiger partial charge in [0.15, 0.2) is 0 Å². The number of rotatable bonds is 3. The summed E-state index contributed by atoms with van der Waals surface area (Å²) >= 11 is 0. The Morgan fingerprint density at radius 2 is 1.67 bits per heavy atom. The van der Waals surface area contributed by atoms with E-state index >= 15 is 0 Å². The molecular weight excluding hydrogens is 222 g/mol. The first-order valence-electron chi connectivity index (χ1n) is 7.90. The van der Waals surface area contributed by atoms with Crippen LogP contribution in [-0.4, -0.2) is 54.6 Å². The van der Waals surface area contributed by atoms with E-state index < -0.39 is 0 Å². The van der Waals surface area contributed by atoms with Crippen molar-refractivity contribution >= 4 is 0 Å². The smallest absolute Gasteiger partial charge is 0.0108 e. The molecule has 1 aliphatic heterocycles. The third-order valence-corrected chi connectivity index (χ3v) is 5.13. The van der Waals surface area contributed by atoms with Crippen molar-refractivity contribution in [3.63, 3.8) is 0 Å². The molecule has 1 saturated heterocycles. The first-order valence-corrected chi connectivity index (χ1v) is 7.90. The van der Waals surface area contributed by atoms with Crippen LogP contribution in [0.2, 0.25) is 0 Å². The molecule has 1 unspecified atom stereocenters. The molecule has 2 N–H and O–H groups in total. The Hall–Kier alpha value is -0.120. The van der Waals surface area contributed by atoms with Crippen LogP contribution in [0, 0.1) is 0 Å². The van der Waals surface area contributed by atoms with Crippen LogP contribution >= 0.6 is 0 Å². The normalized spacial score (nSPS) is 35.7. The number of nitrogens with two attached hydrogens (primary N) is 1. The Morgan fingerprint density at radius 1 is 1.00 bits per heavy atom. The SMILES string of the molecule is CCN1CCCC(N(C)C2CCC(N)CC2)CC1. The minimum atomic E-state index is 0.472. The highest BCUT2D eigenvalue weighted by molar-refractivity contribution is 4.84. The maximum absolute atomic E-state index is 6.01. The van der Waals surface area contributed by atoms with Crippen molar-refractivity contribution in [3.8, 4) is 0 Å². The summed E-state index contributed by atoms with van der Waals surface area (Å²) in [7, 11) is 2.35. The van der Waals surface area contributed by atoms with Gasteiger partial charge in [-0.15, -0.1) is 0 Å². The van der Waals surface area contributed by atoms with Gasteiger partial charge < -0.3 is 15.5 Å². The lowest BCUT2D eigenvalue weighted by molar-refractivity contribution is 0.121. The van der Waals surface area contributed by atoms with E-state index in [2.05, 4.69) is 23.8 Å². The van der Waals surface area contributed by atoms with Crippen LogP contribution in [0.5, 0.6) is 0 Å². The topological polar surface area (TPSA) is 32.5 Å². The molecule has 0 aromatic rings. The fourth-order valence-corrected chi connectivity index (χ4v) is 3.67. The second-order valence-corrected chi connectivity index (χ2v) is 6.25. The predicted molar refractivity (Wildman–Crippen MR) is 77.7 cm³/mol. The quantitative estimate of drug-likeness (QED) is 0.835. The molecule has 1 heterocycles. The Morgan fingerprint density at radius 3 is 2.33 bits per heavy atom. The van der Waals surface area contributed by atoms with Crippen LogP contribution < -0.4 is 5.73 Å². The molecule has 1 saturated carbocycles. The lowest BCUT2D eigenvalue weighted by Gasteiger charge is -2.38. The summed E-state index contributed by atoms with van der Waals surface area (Å²) in [4.78, 5) is 5.29. The Balaban J connectivity index is 1.82. The second-order valence-electron chi connectivity index (χ2n) is 6.25. The maximum atomic E-state index is 6.01. The molecule has 106 valence electrons. The maximum Gasteiger partial charge on any atom is 0.0108 e. The third-order valence-electron chi connectivity index (χ3n) is 5.13. The summed E-state index contributed by atoms with van der Waals surface area (Å²) in [5, 5.41) is 0. The van der Waals surface area contributed by atoms with Crippen LogP contribution in [0.1, 0.15) is 51.9 Å². The first-order chi connectivity index (χ1) is 8.70. The Bertz CT molecular complexity index is 236. The van der Waals surface area contributed by atoms with Gasteiger partial charge in [0, 0.05) is 18.1 Å². The fraction of sp³-hybridized carbons (Fsp3) is 1.00. The molecule has 0 radical (unpaired) electrons. The zero-order valence-electron chi connectivity index (χ0n) is 12.3.